The molecule has 0 spiro atoms. The lowest BCUT2D eigenvalue weighted by atomic mass is 9.98. The van der Waals surface area contributed by atoms with Crippen molar-refractivity contribution in [3.05, 3.63) is 71.3 Å². The van der Waals surface area contributed by atoms with Gasteiger partial charge in [0.05, 0.1) is 0 Å². The zero-order valence-electron chi connectivity index (χ0n) is 10.3. The molecule has 0 unspecified atom stereocenters. The summed E-state index contributed by atoms with van der Waals surface area (Å²) >= 11 is 0. The summed E-state index contributed by atoms with van der Waals surface area (Å²) in [7, 11) is 0. The van der Waals surface area contributed by atoms with Gasteiger partial charge < -0.3 is 5.73 Å². The van der Waals surface area contributed by atoms with E-state index in [0.717, 1.165) is 16.7 Å². The summed E-state index contributed by atoms with van der Waals surface area (Å²) in [5, 5.41) is 0. The Labute approximate surface area is 107 Å². The fourth-order valence-corrected chi connectivity index (χ4v) is 1.87. The molecule has 90 valence electrons. The highest BCUT2D eigenvalue weighted by Crippen LogP contribution is 2.21. The number of amides is 1. The van der Waals surface area contributed by atoms with Gasteiger partial charge in [-0.1, -0.05) is 54.6 Å². The maximum Gasteiger partial charge on any atom is 0.249 e. The van der Waals surface area contributed by atoms with Crippen LogP contribution in [0.25, 0.3) is 11.6 Å². The predicted molar refractivity (Wildman–Crippen MR) is 74.7 cm³/mol. The highest BCUT2D eigenvalue weighted by molar-refractivity contribution is 6.23. The normalized spacial score (nSPS) is 11.3. The zero-order chi connectivity index (χ0) is 13.0. The Bertz CT molecular complexity index is 585. The van der Waals surface area contributed by atoms with Gasteiger partial charge in [-0.15, -0.1) is 0 Å². The fourth-order valence-electron chi connectivity index (χ4n) is 1.87. The van der Waals surface area contributed by atoms with Gasteiger partial charge >= 0.3 is 0 Å². The molecule has 0 aromatic heterocycles. The lowest BCUT2D eigenvalue weighted by molar-refractivity contribution is -0.112. The fraction of sp³-hybridized carbons (Fsp3) is 0.0625. The third kappa shape index (κ3) is 2.66. The number of benzene rings is 2. The van der Waals surface area contributed by atoms with Crippen molar-refractivity contribution in [2.75, 3.05) is 0 Å². The lowest BCUT2D eigenvalue weighted by Crippen LogP contribution is -2.13. The third-order valence-corrected chi connectivity index (χ3v) is 2.81. The van der Waals surface area contributed by atoms with Gasteiger partial charge in [-0.05, 0) is 29.7 Å². The summed E-state index contributed by atoms with van der Waals surface area (Å²) in [5.74, 6) is -0.409. The number of nitrogens with two attached hydrogens (primary N) is 1. The van der Waals surface area contributed by atoms with Gasteiger partial charge in [0.1, 0.15) is 0 Å². The molecule has 0 aliphatic rings. The van der Waals surface area contributed by atoms with Gasteiger partial charge in [0.15, 0.2) is 0 Å². The number of rotatable bonds is 3. The quantitative estimate of drug-likeness (QED) is 0.647. The molecule has 0 atom stereocenters. The van der Waals surface area contributed by atoms with Crippen LogP contribution in [-0.2, 0) is 4.79 Å². The highest BCUT2D eigenvalue weighted by atomic mass is 16.1. The molecule has 0 fully saturated rings. The van der Waals surface area contributed by atoms with Crippen molar-refractivity contribution in [2.45, 2.75) is 6.92 Å². The topological polar surface area (TPSA) is 43.1 Å². The molecular formula is C16H15NO. The molecule has 2 aromatic rings. The van der Waals surface area contributed by atoms with E-state index in [-0.39, 0.29) is 0 Å². The van der Waals surface area contributed by atoms with Crippen LogP contribution in [0.4, 0.5) is 0 Å². The molecule has 0 aliphatic carbocycles. The first-order chi connectivity index (χ1) is 8.68. The second-order valence-corrected chi connectivity index (χ2v) is 4.15. The molecule has 0 bridgehead atoms. The first-order valence-corrected chi connectivity index (χ1v) is 5.81. The molecule has 0 radical (unpaired) electrons. The van der Waals surface area contributed by atoms with Crippen LogP contribution in [0.5, 0.6) is 0 Å². The van der Waals surface area contributed by atoms with Crippen molar-refractivity contribution in [3.63, 3.8) is 0 Å². The Hall–Kier alpha value is -2.35. The van der Waals surface area contributed by atoms with Crippen LogP contribution in [0, 0.1) is 6.92 Å². The van der Waals surface area contributed by atoms with Crippen LogP contribution in [0.1, 0.15) is 16.7 Å². The lowest BCUT2D eigenvalue weighted by Gasteiger charge is -2.07. The predicted octanol–water partition coefficient (Wildman–Crippen LogP) is 3.02. The van der Waals surface area contributed by atoms with E-state index in [4.69, 9.17) is 5.73 Å². The minimum Gasteiger partial charge on any atom is -0.366 e. The summed E-state index contributed by atoms with van der Waals surface area (Å²) in [6, 6.07) is 17.4. The van der Waals surface area contributed by atoms with E-state index in [1.54, 1.807) is 0 Å². The standard InChI is InChI=1S/C16H15NO/c1-12-7-5-6-10-14(12)15(16(17)18)11-13-8-3-2-4-9-13/h2-11H,1H3,(H2,17,18). The van der Waals surface area contributed by atoms with Gasteiger partial charge in [-0.2, -0.15) is 0 Å². The number of primary amides is 1. The number of hydrogen-bond donors (Lipinski definition) is 1. The van der Waals surface area contributed by atoms with Crippen LogP contribution in [-0.4, -0.2) is 5.91 Å². The Kier molecular flexibility index (Phi) is 3.58. The molecular weight excluding hydrogens is 222 g/mol. The van der Waals surface area contributed by atoms with Crippen LogP contribution >= 0.6 is 0 Å². The molecule has 2 rings (SSSR count). The third-order valence-electron chi connectivity index (χ3n) is 2.81. The van der Waals surface area contributed by atoms with Crippen molar-refractivity contribution in [1.82, 2.24) is 0 Å². The number of carbonyl (C=O) groups excluding carboxylic acids is 1. The zero-order valence-corrected chi connectivity index (χ0v) is 10.3. The average Bonchev–Trinajstić information content (AvgIpc) is 2.38. The number of carbonyl (C=O) groups is 1. The van der Waals surface area contributed by atoms with Crippen molar-refractivity contribution < 1.29 is 4.79 Å². The summed E-state index contributed by atoms with van der Waals surface area (Å²) in [5.41, 5.74) is 8.91. The van der Waals surface area contributed by atoms with Crippen molar-refractivity contribution in [2.24, 2.45) is 5.73 Å². The first-order valence-electron chi connectivity index (χ1n) is 5.81. The molecule has 1 amide bonds. The van der Waals surface area contributed by atoms with Gasteiger partial charge in [0, 0.05) is 5.57 Å². The molecule has 18 heavy (non-hydrogen) atoms. The second kappa shape index (κ2) is 5.32. The Morgan fingerprint density at radius 1 is 1.00 bits per heavy atom. The van der Waals surface area contributed by atoms with Crippen molar-refractivity contribution >= 4 is 17.6 Å². The van der Waals surface area contributed by atoms with E-state index >= 15 is 0 Å². The maximum absolute atomic E-state index is 11.6. The van der Waals surface area contributed by atoms with E-state index in [2.05, 4.69) is 0 Å². The molecule has 2 heteroatoms. The van der Waals surface area contributed by atoms with Crippen LogP contribution in [0.3, 0.4) is 0 Å². The van der Waals surface area contributed by atoms with Crippen LogP contribution in [0.2, 0.25) is 0 Å². The monoisotopic (exact) mass is 237 g/mol. The molecule has 2 N–H and O–H groups in total. The smallest absolute Gasteiger partial charge is 0.249 e. The van der Waals surface area contributed by atoms with Gasteiger partial charge in [-0.25, -0.2) is 0 Å². The average molecular weight is 237 g/mol. The Morgan fingerprint density at radius 3 is 2.22 bits per heavy atom. The molecule has 2 nitrogen and oxygen atoms in total. The van der Waals surface area contributed by atoms with E-state index in [1.165, 1.54) is 0 Å². The summed E-state index contributed by atoms with van der Waals surface area (Å²) in [4.78, 5) is 11.6. The highest BCUT2D eigenvalue weighted by Gasteiger charge is 2.10. The molecule has 0 saturated heterocycles. The molecule has 0 saturated carbocycles. The molecule has 0 aliphatic heterocycles. The van der Waals surface area contributed by atoms with E-state index in [0.29, 0.717) is 5.57 Å². The SMILES string of the molecule is Cc1ccccc1C(=Cc1ccccc1)C(N)=O. The number of aryl methyl sites for hydroxylation is 1. The van der Waals surface area contributed by atoms with Crippen LogP contribution < -0.4 is 5.73 Å². The van der Waals surface area contributed by atoms with Crippen molar-refractivity contribution in [1.29, 1.82) is 0 Å². The second-order valence-electron chi connectivity index (χ2n) is 4.15. The van der Waals surface area contributed by atoms with Crippen LogP contribution in [0.15, 0.2) is 54.6 Å². The minimum atomic E-state index is -0.409. The van der Waals surface area contributed by atoms with Gasteiger partial charge in [-0.3, -0.25) is 4.79 Å². The van der Waals surface area contributed by atoms with E-state index in [9.17, 15) is 4.79 Å². The van der Waals surface area contributed by atoms with E-state index < -0.39 is 5.91 Å². The largest absolute Gasteiger partial charge is 0.366 e. The maximum atomic E-state index is 11.6. The summed E-state index contributed by atoms with van der Waals surface area (Å²) in [6.45, 7) is 1.97. The summed E-state index contributed by atoms with van der Waals surface area (Å²) in [6.07, 6.45) is 1.82. The van der Waals surface area contributed by atoms with E-state index in [1.807, 2.05) is 67.6 Å². The molecule has 2 aromatic carbocycles. The minimum absolute atomic E-state index is 0.409. The van der Waals surface area contributed by atoms with Crippen molar-refractivity contribution in [3.8, 4) is 0 Å². The number of hydrogen-bond acceptors (Lipinski definition) is 1. The molecule has 0 heterocycles. The summed E-state index contributed by atoms with van der Waals surface area (Å²) < 4.78 is 0. The van der Waals surface area contributed by atoms with Gasteiger partial charge in [0.25, 0.3) is 0 Å². The Balaban J connectivity index is 2.51. The Morgan fingerprint density at radius 2 is 1.61 bits per heavy atom. The first kappa shape index (κ1) is 12.1. The van der Waals surface area contributed by atoms with Gasteiger partial charge in [0.2, 0.25) is 5.91 Å².